The van der Waals surface area contributed by atoms with E-state index in [1.165, 1.54) is 33.7 Å². The first kappa shape index (κ1) is 25.4. The van der Waals surface area contributed by atoms with Crippen LogP contribution in [0.1, 0.15) is 42.0 Å². The molecule has 0 spiro atoms. The Morgan fingerprint density at radius 1 is 1.14 bits per heavy atom. The monoisotopic (exact) mass is 498 g/mol. The fraction of sp³-hybridized carbons (Fsp3) is 0.407. The summed E-state index contributed by atoms with van der Waals surface area (Å²) in [5, 5.41) is 25.8. The minimum Gasteiger partial charge on any atom is -0.380 e. The van der Waals surface area contributed by atoms with Crippen molar-refractivity contribution in [3.63, 3.8) is 0 Å². The zero-order chi connectivity index (χ0) is 24.9. The summed E-state index contributed by atoms with van der Waals surface area (Å²) in [6.45, 7) is 2.82. The molecular formula is C27H31FN2O4S. The summed E-state index contributed by atoms with van der Waals surface area (Å²) >= 11 is 1.64. The lowest BCUT2D eigenvalue weighted by atomic mass is 9.99. The number of likely N-dealkylation sites (tertiary alicyclic amines) is 1. The molecule has 4 atom stereocenters. The van der Waals surface area contributed by atoms with Crippen molar-refractivity contribution in [1.29, 1.82) is 0 Å². The van der Waals surface area contributed by atoms with Gasteiger partial charge in [0.1, 0.15) is 5.82 Å². The highest BCUT2D eigenvalue weighted by Crippen LogP contribution is 2.33. The summed E-state index contributed by atoms with van der Waals surface area (Å²) in [5.74, 6) is -1.83. The van der Waals surface area contributed by atoms with Gasteiger partial charge in [-0.25, -0.2) is 4.39 Å². The average molecular weight is 499 g/mol. The molecule has 35 heavy (non-hydrogen) atoms. The van der Waals surface area contributed by atoms with E-state index in [4.69, 9.17) is 0 Å². The van der Waals surface area contributed by atoms with Crippen molar-refractivity contribution >= 4 is 23.6 Å². The van der Waals surface area contributed by atoms with Crippen molar-refractivity contribution in [2.75, 3.05) is 13.1 Å². The molecule has 0 aromatic heterocycles. The van der Waals surface area contributed by atoms with E-state index in [9.17, 15) is 24.2 Å². The van der Waals surface area contributed by atoms with Crippen LogP contribution in [0, 0.1) is 12.7 Å². The van der Waals surface area contributed by atoms with Gasteiger partial charge in [-0.2, -0.15) is 0 Å². The Balaban J connectivity index is 1.26. The van der Waals surface area contributed by atoms with Crippen LogP contribution in [0.25, 0.3) is 0 Å². The van der Waals surface area contributed by atoms with Crippen LogP contribution >= 0.6 is 11.8 Å². The number of aliphatic hydroxyl groups excluding tert-OH is 2. The number of aliphatic hydroxyl groups is 2. The molecular weight excluding hydrogens is 467 g/mol. The van der Waals surface area contributed by atoms with E-state index in [2.05, 4.69) is 29.8 Å². The second kappa shape index (κ2) is 11.4. The third-order valence-electron chi connectivity index (χ3n) is 6.71. The molecule has 2 aliphatic rings. The normalized spacial score (nSPS) is 21.5. The number of amides is 2. The first-order valence-electron chi connectivity index (χ1n) is 11.9. The number of carbonyl (C=O) groups excluding carboxylic acids is 2. The molecule has 8 heteroatoms. The molecule has 0 radical (unpaired) electrons. The van der Waals surface area contributed by atoms with E-state index in [0.29, 0.717) is 19.5 Å². The van der Waals surface area contributed by atoms with E-state index in [1.807, 2.05) is 12.1 Å². The Morgan fingerprint density at radius 2 is 1.89 bits per heavy atom. The molecule has 4 rings (SSSR count). The highest BCUT2D eigenvalue weighted by molar-refractivity contribution is 8.03. The maximum Gasteiger partial charge on any atom is 0.255 e. The van der Waals surface area contributed by atoms with Crippen molar-refractivity contribution in [2.24, 2.45) is 0 Å². The third-order valence-corrected chi connectivity index (χ3v) is 7.90. The second-order valence-electron chi connectivity index (χ2n) is 9.22. The molecule has 2 aromatic carbocycles. The van der Waals surface area contributed by atoms with Crippen LogP contribution in [0.2, 0.25) is 0 Å². The zero-order valence-corrected chi connectivity index (χ0v) is 20.5. The minimum absolute atomic E-state index is 0.138. The largest absolute Gasteiger partial charge is 0.380 e. The van der Waals surface area contributed by atoms with Crippen LogP contribution in [-0.4, -0.2) is 57.5 Å². The zero-order valence-electron chi connectivity index (χ0n) is 19.7. The van der Waals surface area contributed by atoms with Crippen molar-refractivity contribution in [3.8, 4) is 0 Å². The summed E-state index contributed by atoms with van der Waals surface area (Å²) in [4.78, 5) is 26.9. The molecule has 2 aliphatic heterocycles. The Kier molecular flexibility index (Phi) is 8.26. The van der Waals surface area contributed by atoms with Crippen molar-refractivity contribution in [3.05, 3.63) is 82.0 Å². The predicted octanol–water partition coefficient (Wildman–Crippen LogP) is 3.27. The highest BCUT2D eigenvalue weighted by Gasteiger charge is 2.38. The highest BCUT2D eigenvalue weighted by atomic mass is 32.2. The standard InChI is InChI=1S/C27H31FN2O4S/c1-17-5-2-3-6-20(17)13-18-14-22(35-16-18)15-29-26(33)24(31)25(32)27(34)30-12-4-7-23(30)19-8-10-21(28)11-9-19/h2-3,5-6,8-11,16,22-25,31-32H,4,7,12-15H2,1H3,(H,29,33)/t22?,23?,24-,25-/m1/s1. The van der Waals surface area contributed by atoms with Gasteiger partial charge in [0.15, 0.2) is 12.2 Å². The lowest BCUT2D eigenvalue weighted by molar-refractivity contribution is -0.153. The van der Waals surface area contributed by atoms with Crippen LogP contribution < -0.4 is 5.32 Å². The van der Waals surface area contributed by atoms with Crippen LogP contribution in [0.5, 0.6) is 0 Å². The Bertz CT molecular complexity index is 1090. The van der Waals surface area contributed by atoms with Gasteiger partial charge < -0.3 is 20.4 Å². The number of hydrogen-bond acceptors (Lipinski definition) is 5. The summed E-state index contributed by atoms with van der Waals surface area (Å²) < 4.78 is 13.3. The summed E-state index contributed by atoms with van der Waals surface area (Å²) in [7, 11) is 0. The number of halogens is 1. The smallest absolute Gasteiger partial charge is 0.255 e. The van der Waals surface area contributed by atoms with Crippen LogP contribution in [0.3, 0.4) is 0 Å². The van der Waals surface area contributed by atoms with E-state index in [0.717, 1.165) is 24.8 Å². The molecule has 186 valence electrons. The maximum absolute atomic E-state index is 13.3. The first-order chi connectivity index (χ1) is 16.8. The lowest BCUT2D eigenvalue weighted by Crippen LogP contribution is -2.51. The Hall–Kier alpha value is -2.68. The van der Waals surface area contributed by atoms with Gasteiger partial charge in [-0.3, -0.25) is 9.59 Å². The van der Waals surface area contributed by atoms with E-state index in [1.54, 1.807) is 23.9 Å². The quantitative estimate of drug-likeness (QED) is 0.520. The van der Waals surface area contributed by atoms with Crippen LogP contribution in [0.4, 0.5) is 4.39 Å². The molecule has 0 saturated carbocycles. The maximum atomic E-state index is 13.3. The minimum atomic E-state index is -1.86. The number of hydrogen-bond donors (Lipinski definition) is 3. The Labute approximate surface area is 209 Å². The van der Waals surface area contributed by atoms with Crippen molar-refractivity contribution in [2.45, 2.75) is 56.1 Å². The third kappa shape index (κ3) is 6.12. The summed E-state index contributed by atoms with van der Waals surface area (Å²) in [6, 6.07) is 13.8. The lowest BCUT2D eigenvalue weighted by Gasteiger charge is -2.28. The molecule has 2 aromatic rings. The topological polar surface area (TPSA) is 89.9 Å². The van der Waals surface area contributed by atoms with Gasteiger partial charge in [-0.05, 0) is 66.8 Å². The molecule has 3 N–H and O–H groups in total. The summed E-state index contributed by atoms with van der Waals surface area (Å²) in [5.41, 5.74) is 4.58. The number of thioether (sulfide) groups is 1. The number of benzene rings is 2. The van der Waals surface area contributed by atoms with Crippen molar-refractivity contribution < 1.29 is 24.2 Å². The number of nitrogens with one attached hydrogen (secondary N) is 1. The van der Waals surface area contributed by atoms with Crippen LogP contribution in [0.15, 0.2) is 59.5 Å². The molecule has 1 fully saturated rings. The second-order valence-corrected chi connectivity index (χ2v) is 10.4. The molecule has 2 unspecified atom stereocenters. The van der Waals surface area contributed by atoms with Gasteiger partial charge >= 0.3 is 0 Å². The number of rotatable bonds is 8. The van der Waals surface area contributed by atoms with Gasteiger partial charge in [0, 0.05) is 18.3 Å². The van der Waals surface area contributed by atoms with Gasteiger partial charge in [0.25, 0.3) is 11.8 Å². The van der Waals surface area contributed by atoms with Crippen LogP contribution in [-0.2, 0) is 16.0 Å². The van der Waals surface area contributed by atoms with E-state index >= 15 is 0 Å². The number of carbonyl (C=O) groups is 2. The molecule has 2 amide bonds. The molecule has 2 heterocycles. The average Bonchev–Trinajstić information content (AvgIpc) is 3.53. The summed E-state index contributed by atoms with van der Waals surface area (Å²) in [6.07, 6.45) is -0.637. The van der Waals surface area contributed by atoms with Crippen molar-refractivity contribution in [1.82, 2.24) is 10.2 Å². The molecule has 0 aliphatic carbocycles. The molecule has 1 saturated heterocycles. The molecule has 6 nitrogen and oxygen atoms in total. The van der Waals surface area contributed by atoms with Gasteiger partial charge in [0.05, 0.1) is 6.04 Å². The van der Waals surface area contributed by atoms with E-state index < -0.39 is 24.0 Å². The molecule has 0 bridgehead atoms. The van der Waals surface area contributed by atoms with E-state index in [-0.39, 0.29) is 17.1 Å². The van der Waals surface area contributed by atoms with Gasteiger partial charge in [-0.1, -0.05) is 42.0 Å². The van der Waals surface area contributed by atoms with Gasteiger partial charge in [-0.15, -0.1) is 11.8 Å². The predicted molar refractivity (Wildman–Crippen MR) is 134 cm³/mol. The number of aryl methyl sites for hydroxylation is 1. The first-order valence-corrected chi connectivity index (χ1v) is 12.9. The number of allylic oxidation sites excluding steroid dienone is 1. The number of nitrogens with zero attached hydrogens (tertiary/aromatic N) is 1. The van der Waals surface area contributed by atoms with Gasteiger partial charge in [0.2, 0.25) is 0 Å². The fourth-order valence-corrected chi connectivity index (χ4v) is 5.75. The Morgan fingerprint density at radius 3 is 2.63 bits per heavy atom. The SMILES string of the molecule is Cc1ccccc1CC1=CSC(CNC(=O)[C@H](O)[C@@H](O)C(=O)N2CCCC2c2ccc(F)cc2)C1. The fourth-order valence-electron chi connectivity index (χ4n) is 4.70.